The topological polar surface area (TPSA) is 79.2 Å². The first-order valence-electron chi connectivity index (χ1n) is 6.55. The Hall–Kier alpha value is -2.56. The predicted molar refractivity (Wildman–Crippen MR) is 77.9 cm³/mol. The highest BCUT2D eigenvalue weighted by molar-refractivity contribution is 6.05. The fraction of sp³-hybridized carbons (Fsp3) is 0.200. The van der Waals surface area contributed by atoms with E-state index in [2.05, 4.69) is 4.98 Å². The molecule has 0 fully saturated rings. The Kier molecular flexibility index (Phi) is 3.02. The number of H-pyrrole nitrogens is 1. The molecule has 2 aromatic rings. The molecule has 0 atom stereocenters. The third-order valence-corrected chi connectivity index (χ3v) is 3.53. The number of nitrogen functional groups attached to an aromatic ring is 1. The molecule has 0 radical (unpaired) electrons. The second-order valence-corrected chi connectivity index (χ2v) is 4.83. The average molecular weight is 269 g/mol. The normalized spacial score (nSPS) is 13.9. The number of carbonyl (C=O) groups excluding carboxylic acids is 1. The lowest BCUT2D eigenvalue weighted by Gasteiger charge is -2.30. The fourth-order valence-electron chi connectivity index (χ4n) is 2.58. The Balaban J connectivity index is 2.03. The van der Waals surface area contributed by atoms with Gasteiger partial charge in [-0.25, -0.2) is 0 Å². The van der Waals surface area contributed by atoms with Gasteiger partial charge in [0.2, 0.25) is 5.56 Å². The first-order chi connectivity index (χ1) is 9.66. The van der Waals surface area contributed by atoms with E-state index < -0.39 is 0 Å². The van der Waals surface area contributed by atoms with Crippen LogP contribution in [0.2, 0.25) is 0 Å². The molecule has 0 aliphatic carbocycles. The molecule has 0 saturated carbocycles. The molecule has 20 heavy (non-hydrogen) atoms. The van der Waals surface area contributed by atoms with Crippen molar-refractivity contribution < 1.29 is 4.79 Å². The van der Waals surface area contributed by atoms with Crippen LogP contribution in [0.4, 0.5) is 11.4 Å². The number of aromatic amines is 1. The van der Waals surface area contributed by atoms with Crippen LogP contribution in [0, 0.1) is 0 Å². The summed E-state index contributed by atoms with van der Waals surface area (Å²) in [5, 5.41) is 0. The maximum atomic E-state index is 12.5. The number of pyridine rings is 1. The number of nitrogens with one attached hydrogen (secondary N) is 1. The van der Waals surface area contributed by atoms with Gasteiger partial charge in [0.25, 0.3) is 5.91 Å². The summed E-state index contributed by atoms with van der Waals surface area (Å²) in [7, 11) is 0. The van der Waals surface area contributed by atoms with Crippen LogP contribution in [-0.4, -0.2) is 17.4 Å². The van der Waals surface area contributed by atoms with Crippen molar-refractivity contribution in [2.24, 2.45) is 0 Å². The summed E-state index contributed by atoms with van der Waals surface area (Å²) >= 11 is 0. The number of benzene rings is 1. The highest BCUT2D eigenvalue weighted by Crippen LogP contribution is 2.31. The smallest absolute Gasteiger partial charge is 0.274 e. The van der Waals surface area contributed by atoms with Gasteiger partial charge in [-0.05, 0) is 36.6 Å². The first kappa shape index (κ1) is 12.5. The minimum Gasteiger partial charge on any atom is -0.398 e. The van der Waals surface area contributed by atoms with Gasteiger partial charge in [-0.3, -0.25) is 9.59 Å². The lowest BCUT2D eigenvalue weighted by atomic mass is 9.99. The minimum absolute atomic E-state index is 0.200. The van der Waals surface area contributed by atoms with Crippen LogP contribution in [-0.2, 0) is 6.42 Å². The van der Waals surface area contributed by atoms with Crippen LogP contribution in [0.1, 0.15) is 22.5 Å². The van der Waals surface area contributed by atoms with E-state index in [-0.39, 0.29) is 11.5 Å². The van der Waals surface area contributed by atoms with Gasteiger partial charge in [0.15, 0.2) is 0 Å². The van der Waals surface area contributed by atoms with Crippen molar-refractivity contribution in [2.45, 2.75) is 12.8 Å². The zero-order valence-electron chi connectivity index (χ0n) is 10.9. The van der Waals surface area contributed by atoms with Gasteiger partial charge < -0.3 is 15.6 Å². The van der Waals surface area contributed by atoms with Crippen molar-refractivity contribution >= 4 is 17.3 Å². The Morgan fingerprint density at radius 1 is 1.20 bits per heavy atom. The van der Waals surface area contributed by atoms with Crippen LogP contribution in [0.15, 0.2) is 41.2 Å². The molecule has 2 heterocycles. The van der Waals surface area contributed by atoms with E-state index in [0.717, 1.165) is 24.1 Å². The number of nitrogens with zero attached hydrogens (tertiary/aromatic N) is 1. The van der Waals surface area contributed by atoms with Crippen molar-refractivity contribution in [3.63, 3.8) is 0 Å². The molecule has 1 aliphatic heterocycles. The first-order valence-corrected chi connectivity index (χ1v) is 6.55. The van der Waals surface area contributed by atoms with Crippen LogP contribution >= 0.6 is 0 Å². The standard InChI is InChI=1S/C15H15N3O2/c16-11-5-1-7-13-10(11)4-3-9-18(13)15(20)12-6-2-8-14(19)17-12/h1-2,5-8H,3-4,9,16H2,(H,17,19). The number of aromatic nitrogens is 1. The van der Waals surface area contributed by atoms with Gasteiger partial charge >= 0.3 is 0 Å². The minimum atomic E-state index is -0.277. The van der Waals surface area contributed by atoms with E-state index in [1.54, 1.807) is 17.0 Å². The van der Waals surface area contributed by atoms with Gasteiger partial charge in [0, 0.05) is 24.0 Å². The van der Waals surface area contributed by atoms with Crippen molar-refractivity contribution in [3.8, 4) is 0 Å². The molecule has 1 aliphatic rings. The maximum Gasteiger partial charge on any atom is 0.274 e. The predicted octanol–water partition coefficient (Wildman–Crippen LogP) is 1.55. The second kappa shape index (κ2) is 4.85. The van der Waals surface area contributed by atoms with E-state index in [0.29, 0.717) is 17.9 Å². The molecule has 102 valence electrons. The second-order valence-electron chi connectivity index (χ2n) is 4.83. The summed E-state index contributed by atoms with van der Waals surface area (Å²) in [6.07, 6.45) is 1.74. The third kappa shape index (κ3) is 2.07. The number of hydrogen-bond acceptors (Lipinski definition) is 3. The van der Waals surface area contributed by atoms with Gasteiger partial charge in [-0.1, -0.05) is 12.1 Å². The highest BCUT2D eigenvalue weighted by atomic mass is 16.2. The van der Waals surface area contributed by atoms with Crippen LogP contribution < -0.4 is 16.2 Å². The largest absolute Gasteiger partial charge is 0.398 e. The van der Waals surface area contributed by atoms with Crippen LogP contribution in [0.5, 0.6) is 0 Å². The zero-order valence-corrected chi connectivity index (χ0v) is 10.9. The zero-order chi connectivity index (χ0) is 14.1. The van der Waals surface area contributed by atoms with E-state index in [1.807, 2.05) is 18.2 Å². The highest BCUT2D eigenvalue weighted by Gasteiger charge is 2.24. The van der Waals surface area contributed by atoms with Crippen molar-refractivity contribution in [1.29, 1.82) is 0 Å². The summed E-state index contributed by atoms with van der Waals surface area (Å²) in [4.78, 5) is 28.1. The molecule has 0 bridgehead atoms. The van der Waals surface area contributed by atoms with Gasteiger partial charge in [-0.2, -0.15) is 0 Å². The summed E-state index contributed by atoms with van der Waals surface area (Å²) in [6, 6.07) is 10.2. The Morgan fingerprint density at radius 3 is 2.80 bits per heavy atom. The molecule has 1 amide bonds. The molecule has 5 heteroatoms. The van der Waals surface area contributed by atoms with Gasteiger partial charge in [0.1, 0.15) is 5.69 Å². The van der Waals surface area contributed by atoms with Gasteiger partial charge in [0.05, 0.1) is 0 Å². The molecule has 0 saturated heterocycles. The third-order valence-electron chi connectivity index (χ3n) is 3.53. The molecule has 5 nitrogen and oxygen atoms in total. The summed E-state index contributed by atoms with van der Waals surface area (Å²) in [5.74, 6) is -0.200. The lowest BCUT2D eigenvalue weighted by Crippen LogP contribution is -2.36. The van der Waals surface area contributed by atoms with E-state index >= 15 is 0 Å². The quantitative estimate of drug-likeness (QED) is 0.771. The molecule has 0 unspecified atom stereocenters. The number of fused-ring (bicyclic) bond motifs is 1. The summed E-state index contributed by atoms with van der Waals surface area (Å²) in [5.41, 5.74) is 8.55. The molecular formula is C15H15N3O2. The number of rotatable bonds is 1. The van der Waals surface area contributed by atoms with E-state index in [4.69, 9.17) is 5.73 Å². The summed E-state index contributed by atoms with van der Waals surface area (Å²) in [6.45, 7) is 0.631. The Labute approximate surface area is 116 Å². The number of amides is 1. The summed E-state index contributed by atoms with van der Waals surface area (Å²) < 4.78 is 0. The monoisotopic (exact) mass is 269 g/mol. The van der Waals surface area contributed by atoms with Gasteiger partial charge in [-0.15, -0.1) is 0 Å². The van der Waals surface area contributed by atoms with Crippen LogP contribution in [0.3, 0.4) is 0 Å². The number of nitrogens with two attached hydrogens (primary N) is 1. The van der Waals surface area contributed by atoms with E-state index in [1.165, 1.54) is 6.07 Å². The molecule has 0 spiro atoms. The van der Waals surface area contributed by atoms with Crippen LogP contribution in [0.25, 0.3) is 0 Å². The molecule has 3 rings (SSSR count). The van der Waals surface area contributed by atoms with Crippen molar-refractivity contribution in [3.05, 3.63) is 58.0 Å². The molecule has 1 aromatic carbocycles. The number of hydrogen-bond donors (Lipinski definition) is 2. The number of carbonyl (C=O) groups is 1. The molecular weight excluding hydrogens is 254 g/mol. The fourth-order valence-corrected chi connectivity index (χ4v) is 2.58. The average Bonchev–Trinajstić information content (AvgIpc) is 2.46. The SMILES string of the molecule is Nc1cccc2c1CCCN2C(=O)c1cccc(=O)[nH]1. The molecule has 3 N–H and O–H groups in total. The molecule has 1 aromatic heterocycles. The Morgan fingerprint density at radius 2 is 2.00 bits per heavy atom. The Bertz CT molecular complexity index is 721. The number of anilines is 2. The maximum absolute atomic E-state index is 12.5. The lowest BCUT2D eigenvalue weighted by molar-refractivity contribution is 0.0980. The van der Waals surface area contributed by atoms with Crippen molar-refractivity contribution in [1.82, 2.24) is 4.98 Å². The van der Waals surface area contributed by atoms with E-state index in [9.17, 15) is 9.59 Å². The van der Waals surface area contributed by atoms with Crippen molar-refractivity contribution in [2.75, 3.05) is 17.2 Å².